The molecule has 2 aliphatic heterocycles. The van der Waals surface area contributed by atoms with Gasteiger partial charge in [0.25, 0.3) is 0 Å². The SMILES string of the molecule is Cc1nc(CN2CCC(C(=O)Nc3cc4c(cc3N)OCO4)CC2)cs1. The van der Waals surface area contributed by atoms with Crippen molar-refractivity contribution in [1.82, 2.24) is 9.88 Å². The normalized spacial score (nSPS) is 17.4. The van der Waals surface area contributed by atoms with Crippen LogP contribution in [0.1, 0.15) is 23.5 Å². The van der Waals surface area contributed by atoms with Crippen molar-refractivity contribution in [2.45, 2.75) is 26.3 Å². The van der Waals surface area contributed by atoms with E-state index in [2.05, 4.69) is 20.6 Å². The van der Waals surface area contributed by atoms with E-state index in [1.54, 1.807) is 23.5 Å². The lowest BCUT2D eigenvalue weighted by atomic mass is 9.95. The summed E-state index contributed by atoms with van der Waals surface area (Å²) in [5.74, 6) is 1.24. The molecule has 0 saturated carbocycles. The maximum atomic E-state index is 12.6. The smallest absolute Gasteiger partial charge is 0.231 e. The second-order valence-corrected chi connectivity index (χ2v) is 7.75. The molecular weight excluding hydrogens is 352 g/mol. The molecule has 138 valence electrons. The number of ether oxygens (including phenoxy) is 2. The number of anilines is 2. The van der Waals surface area contributed by atoms with E-state index < -0.39 is 0 Å². The molecular formula is C18H22N4O3S. The van der Waals surface area contributed by atoms with Crippen LogP contribution in [0.4, 0.5) is 11.4 Å². The van der Waals surface area contributed by atoms with Gasteiger partial charge in [0.05, 0.1) is 22.1 Å². The molecule has 4 rings (SSSR count). The van der Waals surface area contributed by atoms with Crippen molar-refractivity contribution in [2.24, 2.45) is 5.92 Å². The van der Waals surface area contributed by atoms with E-state index in [-0.39, 0.29) is 18.6 Å². The summed E-state index contributed by atoms with van der Waals surface area (Å²) in [5, 5.41) is 6.15. The Bertz CT molecular complexity index is 815. The van der Waals surface area contributed by atoms with Gasteiger partial charge in [-0.25, -0.2) is 4.98 Å². The molecule has 0 bridgehead atoms. The predicted octanol–water partition coefficient (Wildman–Crippen LogP) is 2.61. The van der Waals surface area contributed by atoms with Gasteiger partial charge in [-0.15, -0.1) is 11.3 Å². The summed E-state index contributed by atoms with van der Waals surface area (Å²) in [6.45, 7) is 4.85. The van der Waals surface area contributed by atoms with Crippen LogP contribution in [-0.2, 0) is 11.3 Å². The van der Waals surface area contributed by atoms with Crippen molar-refractivity contribution in [3.63, 3.8) is 0 Å². The second kappa shape index (κ2) is 7.13. The Morgan fingerprint density at radius 2 is 2.08 bits per heavy atom. The molecule has 8 heteroatoms. The number of carbonyl (C=O) groups is 1. The van der Waals surface area contributed by atoms with Crippen LogP contribution in [0, 0.1) is 12.8 Å². The van der Waals surface area contributed by atoms with Crippen molar-refractivity contribution < 1.29 is 14.3 Å². The van der Waals surface area contributed by atoms with Crippen LogP contribution in [0.25, 0.3) is 0 Å². The molecule has 1 aromatic heterocycles. The Balaban J connectivity index is 1.32. The summed E-state index contributed by atoms with van der Waals surface area (Å²) in [7, 11) is 0. The van der Waals surface area contributed by atoms with Gasteiger partial charge in [-0.2, -0.15) is 0 Å². The average molecular weight is 374 g/mol. The average Bonchev–Trinajstić information content (AvgIpc) is 3.24. The number of rotatable bonds is 4. The number of thiazole rings is 1. The van der Waals surface area contributed by atoms with E-state index in [0.29, 0.717) is 22.9 Å². The molecule has 1 fully saturated rings. The number of fused-ring (bicyclic) bond motifs is 1. The number of piperidine rings is 1. The number of hydrogen-bond acceptors (Lipinski definition) is 7. The zero-order valence-corrected chi connectivity index (χ0v) is 15.5. The van der Waals surface area contributed by atoms with Crippen LogP contribution >= 0.6 is 11.3 Å². The highest BCUT2D eigenvalue weighted by Gasteiger charge is 2.26. The van der Waals surface area contributed by atoms with Crippen molar-refractivity contribution >= 4 is 28.6 Å². The number of likely N-dealkylation sites (tertiary alicyclic amines) is 1. The van der Waals surface area contributed by atoms with E-state index >= 15 is 0 Å². The van der Waals surface area contributed by atoms with Crippen LogP contribution in [0.15, 0.2) is 17.5 Å². The fourth-order valence-corrected chi connectivity index (χ4v) is 3.97. The van der Waals surface area contributed by atoms with Gasteiger partial charge in [0.15, 0.2) is 11.5 Å². The van der Waals surface area contributed by atoms with Crippen LogP contribution < -0.4 is 20.5 Å². The topological polar surface area (TPSA) is 89.7 Å². The minimum absolute atomic E-state index is 0.00626. The number of aryl methyl sites for hydroxylation is 1. The summed E-state index contributed by atoms with van der Waals surface area (Å²) < 4.78 is 10.6. The van der Waals surface area contributed by atoms with Crippen molar-refractivity contribution in [3.05, 3.63) is 28.2 Å². The van der Waals surface area contributed by atoms with Gasteiger partial charge in [0.1, 0.15) is 0 Å². The molecule has 2 aliphatic rings. The number of benzene rings is 1. The molecule has 1 aromatic carbocycles. The Kier molecular flexibility index (Phi) is 4.69. The fourth-order valence-electron chi connectivity index (χ4n) is 3.36. The number of amides is 1. The van der Waals surface area contributed by atoms with Crippen LogP contribution in [0.2, 0.25) is 0 Å². The van der Waals surface area contributed by atoms with Gasteiger partial charge in [0.2, 0.25) is 12.7 Å². The maximum absolute atomic E-state index is 12.6. The van der Waals surface area contributed by atoms with E-state index in [1.807, 2.05) is 6.92 Å². The quantitative estimate of drug-likeness (QED) is 0.800. The largest absolute Gasteiger partial charge is 0.454 e. The lowest BCUT2D eigenvalue weighted by Crippen LogP contribution is -2.37. The lowest BCUT2D eigenvalue weighted by Gasteiger charge is -2.30. The number of aromatic nitrogens is 1. The molecule has 0 unspecified atom stereocenters. The molecule has 0 aliphatic carbocycles. The highest BCUT2D eigenvalue weighted by Crippen LogP contribution is 2.38. The highest BCUT2D eigenvalue weighted by molar-refractivity contribution is 7.09. The molecule has 3 N–H and O–H groups in total. The zero-order valence-electron chi connectivity index (χ0n) is 14.7. The Hall–Kier alpha value is -2.32. The number of nitrogens with one attached hydrogen (secondary N) is 1. The Morgan fingerprint density at radius 1 is 1.35 bits per heavy atom. The molecule has 0 atom stereocenters. The van der Waals surface area contributed by atoms with E-state index in [1.165, 1.54) is 0 Å². The number of hydrogen-bond donors (Lipinski definition) is 2. The molecule has 7 nitrogen and oxygen atoms in total. The fraction of sp³-hybridized carbons (Fsp3) is 0.444. The highest BCUT2D eigenvalue weighted by atomic mass is 32.1. The minimum Gasteiger partial charge on any atom is -0.454 e. The summed E-state index contributed by atoms with van der Waals surface area (Å²) in [4.78, 5) is 19.5. The summed E-state index contributed by atoms with van der Waals surface area (Å²) in [5.41, 5.74) is 8.20. The van der Waals surface area contributed by atoms with Gasteiger partial charge >= 0.3 is 0 Å². The molecule has 1 saturated heterocycles. The third-order valence-electron chi connectivity index (χ3n) is 4.81. The number of carbonyl (C=O) groups excluding carboxylic acids is 1. The van der Waals surface area contributed by atoms with E-state index in [4.69, 9.17) is 15.2 Å². The minimum atomic E-state index is -0.00626. The van der Waals surface area contributed by atoms with Crippen molar-refractivity contribution in [3.8, 4) is 11.5 Å². The van der Waals surface area contributed by atoms with Gasteiger partial charge in [-0.1, -0.05) is 0 Å². The molecule has 2 aromatic rings. The first-order valence-corrected chi connectivity index (χ1v) is 9.60. The standard InChI is InChI=1S/C18H22N4O3S/c1-11-20-13(9-26-11)8-22-4-2-12(3-5-22)18(23)21-15-7-17-16(6-14(15)19)24-10-25-17/h6-7,9,12H,2-5,8,10,19H2,1H3,(H,21,23). The first kappa shape index (κ1) is 17.1. The lowest BCUT2D eigenvalue weighted by molar-refractivity contribution is -0.121. The first-order valence-electron chi connectivity index (χ1n) is 8.72. The molecule has 3 heterocycles. The van der Waals surface area contributed by atoms with Crippen LogP contribution in [-0.4, -0.2) is 35.7 Å². The molecule has 0 radical (unpaired) electrons. The third-order valence-corrected chi connectivity index (χ3v) is 5.64. The summed E-state index contributed by atoms with van der Waals surface area (Å²) in [6.07, 6.45) is 1.67. The van der Waals surface area contributed by atoms with Gasteiger partial charge in [-0.3, -0.25) is 9.69 Å². The number of nitrogens with zero attached hydrogens (tertiary/aromatic N) is 2. The monoisotopic (exact) mass is 374 g/mol. The van der Waals surface area contributed by atoms with E-state index in [0.717, 1.165) is 43.2 Å². The maximum Gasteiger partial charge on any atom is 0.231 e. The van der Waals surface area contributed by atoms with Gasteiger partial charge in [0, 0.05) is 30.0 Å². The summed E-state index contributed by atoms with van der Waals surface area (Å²) in [6, 6.07) is 3.42. The number of nitrogens with two attached hydrogens (primary N) is 1. The van der Waals surface area contributed by atoms with Crippen molar-refractivity contribution in [1.29, 1.82) is 0 Å². The van der Waals surface area contributed by atoms with Crippen LogP contribution in [0.3, 0.4) is 0 Å². The van der Waals surface area contributed by atoms with E-state index in [9.17, 15) is 4.79 Å². The summed E-state index contributed by atoms with van der Waals surface area (Å²) >= 11 is 1.68. The Labute approximate surface area is 156 Å². The first-order chi connectivity index (χ1) is 12.6. The zero-order chi connectivity index (χ0) is 18.1. The number of nitrogen functional groups attached to an aromatic ring is 1. The predicted molar refractivity (Wildman–Crippen MR) is 100 cm³/mol. The van der Waals surface area contributed by atoms with Crippen molar-refractivity contribution in [2.75, 3.05) is 30.9 Å². The second-order valence-electron chi connectivity index (χ2n) is 6.69. The van der Waals surface area contributed by atoms with Gasteiger partial charge in [-0.05, 0) is 32.9 Å². The molecule has 26 heavy (non-hydrogen) atoms. The molecule has 1 amide bonds. The third kappa shape index (κ3) is 3.61. The van der Waals surface area contributed by atoms with Gasteiger partial charge < -0.3 is 20.5 Å². The molecule has 0 spiro atoms. The van der Waals surface area contributed by atoms with Crippen LogP contribution in [0.5, 0.6) is 11.5 Å². The Morgan fingerprint density at radius 3 is 2.77 bits per heavy atom.